The fourth-order valence-corrected chi connectivity index (χ4v) is 3.13. The maximum absolute atomic E-state index is 11.9. The van der Waals surface area contributed by atoms with Gasteiger partial charge >= 0.3 is 0 Å². The second-order valence-electron chi connectivity index (χ2n) is 7.49. The molecule has 1 aliphatic rings. The molecule has 1 saturated heterocycles. The molecule has 0 unspecified atom stereocenters. The topological polar surface area (TPSA) is 83.0 Å². The molecule has 1 aliphatic heterocycles. The van der Waals surface area contributed by atoms with Crippen molar-refractivity contribution in [1.29, 1.82) is 0 Å². The molecule has 0 aliphatic carbocycles. The third kappa shape index (κ3) is 6.67. The van der Waals surface area contributed by atoms with Crippen molar-refractivity contribution in [2.45, 2.75) is 20.3 Å². The molecular weight excluding hydrogens is 388 g/mol. The van der Waals surface area contributed by atoms with E-state index in [1.807, 2.05) is 50.2 Å². The van der Waals surface area contributed by atoms with Gasteiger partial charge in [-0.25, -0.2) is 9.97 Å². The molecule has 7 heteroatoms. The number of ketones is 1. The molecule has 3 aromatic rings. The number of rotatable bonds is 5. The van der Waals surface area contributed by atoms with Gasteiger partial charge in [-0.2, -0.15) is 0 Å². The van der Waals surface area contributed by atoms with Crippen LogP contribution in [0.4, 0.5) is 11.6 Å². The number of likely N-dealkylation sites (N-methyl/N-ethyl adjacent to an activating group) is 1. The minimum Gasteiger partial charge on any atom is -0.324 e. The number of benzene rings is 1. The van der Waals surface area contributed by atoms with Crippen LogP contribution in [0.15, 0.2) is 55.0 Å². The van der Waals surface area contributed by atoms with E-state index < -0.39 is 0 Å². The normalized spacial score (nSPS) is 13.8. The first-order valence-corrected chi connectivity index (χ1v) is 10.6. The predicted molar refractivity (Wildman–Crippen MR) is 125 cm³/mol. The number of aromatic nitrogens is 3. The Hall–Kier alpha value is -3.16. The van der Waals surface area contributed by atoms with Crippen LogP contribution in [0.2, 0.25) is 0 Å². The van der Waals surface area contributed by atoms with Gasteiger partial charge in [-0.15, -0.1) is 0 Å². The summed E-state index contributed by atoms with van der Waals surface area (Å²) >= 11 is 0. The zero-order chi connectivity index (χ0) is 22.1. The van der Waals surface area contributed by atoms with E-state index in [1.54, 1.807) is 18.6 Å². The lowest BCUT2D eigenvalue weighted by atomic mass is 10.1. The highest BCUT2D eigenvalue weighted by atomic mass is 16.1. The summed E-state index contributed by atoms with van der Waals surface area (Å²) in [5.74, 6) is 0.601. The lowest BCUT2D eigenvalue weighted by Gasteiger charge is -2.21. The number of piperazine rings is 1. The van der Waals surface area contributed by atoms with Crippen molar-refractivity contribution in [3.05, 3.63) is 66.1 Å². The number of Topliss-reactive ketones (excluding diaryl/α,β-unsaturated/α-hetero) is 1. The van der Waals surface area contributed by atoms with Crippen molar-refractivity contribution in [2.75, 3.05) is 38.5 Å². The van der Waals surface area contributed by atoms with Crippen LogP contribution in [0.3, 0.4) is 0 Å². The number of carbonyl (C=O) groups excluding carboxylic acids is 1. The number of hydrogen-bond donors (Lipinski definition) is 2. The lowest BCUT2D eigenvalue weighted by Crippen LogP contribution is -2.40. The summed E-state index contributed by atoms with van der Waals surface area (Å²) in [6.45, 7) is 8.58. The zero-order valence-electron chi connectivity index (χ0n) is 18.4. The molecule has 7 nitrogen and oxygen atoms in total. The van der Waals surface area contributed by atoms with Gasteiger partial charge < -0.3 is 15.5 Å². The van der Waals surface area contributed by atoms with Crippen LogP contribution in [0.1, 0.15) is 29.3 Å². The Bertz CT molecular complexity index is 986. The third-order valence-corrected chi connectivity index (χ3v) is 5.08. The SMILES string of the molecule is CCC(=O)c1ccc(C)c(Nc2nccc(-c3cccnc3)n2)c1.CN1CCNCC1. The highest BCUT2D eigenvalue weighted by Gasteiger charge is 2.08. The van der Waals surface area contributed by atoms with Crippen LogP contribution in [-0.4, -0.2) is 58.9 Å². The van der Waals surface area contributed by atoms with Crippen LogP contribution < -0.4 is 10.6 Å². The van der Waals surface area contributed by atoms with Crippen molar-refractivity contribution in [3.8, 4) is 11.3 Å². The Balaban J connectivity index is 0.000000330. The van der Waals surface area contributed by atoms with E-state index in [0.717, 1.165) is 35.6 Å². The van der Waals surface area contributed by atoms with Crippen molar-refractivity contribution in [3.63, 3.8) is 0 Å². The molecular formula is C24H30N6O. The van der Waals surface area contributed by atoms with Gasteiger partial charge in [0.2, 0.25) is 5.95 Å². The molecule has 1 fully saturated rings. The van der Waals surface area contributed by atoms with Gasteiger partial charge in [0.15, 0.2) is 5.78 Å². The highest BCUT2D eigenvalue weighted by Crippen LogP contribution is 2.22. The first-order valence-electron chi connectivity index (χ1n) is 10.6. The van der Waals surface area contributed by atoms with E-state index in [9.17, 15) is 4.79 Å². The highest BCUT2D eigenvalue weighted by molar-refractivity contribution is 5.97. The number of nitrogens with zero attached hydrogens (tertiary/aromatic N) is 4. The molecule has 4 rings (SSSR count). The molecule has 2 N–H and O–H groups in total. The van der Waals surface area contributed by atoms with Crippen molar-refractivity contribution in [1.82, 2.24) is 25.2 Å². The van der Waals surface area contributed by atoms with Gasteiger partial charge in [-0.3, -0.25) is 9.78 Å². The van der Waals surface area contributed by atoms with Gasteiger partial charge in [0.25, 0.3) is 0 Å². The molecule has 2 aromatic heterocycles. The second-order valence-corrected chi connectivity index (χ2v) is 7.49. The molecule has 1 aromatic carbocycles. The smallest absolute Gasteiger partial charge is 0.227 e. The molecule has 0 spiro atoms. The van der Waals surface area contributed by atoms with E-state index >= 15 is 0 Å². The van der Waals surface area contributed by atoms with E-state index in [2.05, 4.69) is 37.5 Å². The largest absolute Gasteiger partial charge is 0.324 e. The number of hydrogen-bond acceptors (Lipinski definition) is 7. The summed E-state index contributed by atoms with van der Waals surface area (Å²) in [6.07, 6.45) is 5.67. The summed E-state index contributed by atoms with van der Waals surface area (Å²) < 4.78 is 0. The van der Waals surface area contributed by atoms with E-state index in [4.69, 9.17) is 0 Å². The molecule has 3 heterocycles. The molecule has 0 bridgehead atoms. The number of anilines is 2. The minimum absolute atomic E-state index is 0.114. The average molecular weight is 419 g/mol. The summed E-state index contributed by atoms with van der Waals surface area (Å²) in [7, 11) is 2.15. The fourth-order valence-electron chi connectivity index (χ4n) is 3.13. The lowest BCUT2D eigenvalue weighted by molar-refractivity contribution is 0.0988. The van der Waals surface area contributed by atoms with E-state index in [-0.39, 0.29) is 5.78 Å². The summed E-state index contributed by atoms with van der Waals surface area (Å²) in [5.41, 5.74) is 4.26. The van der Waals surface area contributed by atoms with Crippen LogP contribution in [0, 0.1) is 6.92 Å². The quantitative estimate of drug-likeness (QED) is 0.611. The molecule has 0 radical (unpaired) electrons. The van der Waals surface area contributed by atoms with Gasteiger partial charge in [-0.05, 0) is 43.8 Å². The van der Waals surface area contributed by atoms with Gasteiger partial charge in [-0.1, -0.05) is 19.1 Å². The van der Waals surface area contributed by atoms with Gasteiger partial charge in [0, 0.05) is 68.0 Å². The molecule has 162 valence electrons. The van der Waals surface area contributed by atoms with Crippen molar-refractivity contribution in [2.24, 2.45) is 0 Å². The Kier molecular flexibility index (Phi) is 8.20. The predicted octanol–water partition coefficient (Wildman–Crippen LogP) is 3.70. The number of pyridine rings is 1. The van der Waals surface area contributed by atoms with Crippen molar-refractivity contribution >= 4 is 17.4 Å². The van der Waals surface area contributed by atoms with Gasteiger partial charge in [0.1, 0.15) is 0 Å². The Labute approximate surface area is 184 Å². The maximum Gasteiger partial charge on any atom is 0.227 e. The van der Waals surface area contributed by atoms with E-state index in [0.29, 0.717) is 17.9 Å². The number of nitrogens with one attached hydrogen (secondary N) is 2. The first kappa shape index (κ1) is 22.5. The third-order valence-electron chi connectivity index (χ3n) is 5.08. The zero-order valence-corrected chi connectivity index (χ0v) is 18.4. The van der Waals surface area contributed by atoms with Crippen LogP contribution in [0.5, 0.6) is 0 Å². The monoisotopic (exact) mass is 418 g/mol. The van der Waals surface area contributed by atoms with Crippen molar-refractivity contribution < 1.29 is 4.79 Å². The number of aryl methyl sites for hydroxylation is 1. The van der Waals surface area contributed by atoms with Gasteiger partial charge in [0.05, 0.1) is 5.69 Å². The summed E-state index contributed by atoms with van der Waals surface area (Å²) in [5, 5.41) is 6.48. The Morgan fingerprint density at radius 1 is 1.16 bits per heavy atom. The Morgan fingerprint density at radius 2 is 1.97 bits per heavy atom. The standard InChI is InChI=1S/C19H18N4O.C5H12N2/c1-3-18(24)14-7-6-13(2)17(11-14)23-19-21-10-8-16(22-19)15-5-4-9-20-12-15;1-7-4-2-6-3-5-7/h4-12H,3H2,1-2H3,(H,21,22,23);6H,2-5H2,1H3. The first-order chi connectivity index (χ1) is 15.1. The molecule has 0 amide bonds. The maximum atomic E-state index is 11.9. The minimum atomic E-state index is 0.114. The molecule has 0 atom stereocenters. The Morgan fingerprint density at radius 3 is 2.61 bits per heavy atom. The van der Waals surface area contributed by atoms with Crippen LogP contribution in [-0.2, 0) is 0 Å². The molecule has 0 saturated carbocycles. The average Bonchev–Trinajstić information content (AvgIpc) is 2.82. The van der Waals surface area contributed by atoms with Crippen LogP contribution >= 0.6 is 0 Å². The summed E-state index contributed by atoms with van der Waals surface area (Å²) in [4.78, 5) is 27.1. The second kappa shape index (κ2) is 11.3. The fraction of sp³-hybridized carbons (Fsp3) is 0.333. The summed E-state index contributed by atoms with van der Waals surface area (Å²) in [6, 6.07) is 11.3. The number of carbonyl (C=O) groups is 1. The van der Waals surface area contributed by atoms with Crippen LogP contribution in [0.25, 0.3) is 11.3 Å². The molecule has 31 heavy (non-hydrogen) atoms. The van der Waals surface area contributed by atoms with E-state index in [1.165, 1.54) is 13.1 Å².